The third-order valence-electron chi connectivity index (χ3n) is 6.26. The molecule has 7 heteroatoms. The predicted molar refractivity (Wildman–Crippen MR) is 141 cm³/mol. The topological polar surface area (TPSA) is 79.3 Å². The molecular weight excluding hydrogens is 456 g/mol. The van der Waals surface area contributed by atoms with Crippen LogP contribution in [0.25, 0.3) is 5.76 Å². The summed E-state index contributed by atoms with van der Waals surface area (Å²) in [5, 5.41) is 11.3. The maximum Gasteiger partial charge on any atom is 0.295 e. The van der Waals surface area contributed by atoms with E-state index in [4.69, 9.17) is 9.47 Å². The SMILES string of the molecule is CCCOc1ccc(C(O)=C2C(=O)C(=O)N(CCN(CC)CC)[C@H]2c2ccc(OC(C)C)cc2)cc1. The molecule has 194 valence electrons. The quantitative estimate of drug-likeness (QED) is 0.253. The van der Waals surface area contributed by atoms with E-state index in [-0.39, 0.29) is 17.4 Å². The number of aliphatic hydroxyl groups is 1. The van der Waals surface area contributed by atoms with Gasteiger partial charge in [0.2, 0.25) is 0 Å². The van der Waals surface area contributed by atoms with Gasteiger partial charge in [0.1, 0.15) is 17.3 Å². The van der Waals surface area contributed by atoms with Gasteiger partial charge in [0.05, 0.1) is 24.3 Å². The van der Waals surface area contributed by atoms with Gasteiger partial charge in [0.15, 0.2) is 0 Å². The number of likely N-dealkylation sites (tertiary alicyclic amines) is 1. The van der Waals surface area contributed by atoms with Crippen LogP contribution in [0, 0.1) is 0 Å². The minimum Gasteiger partial charge on any atom is -0.507 e. The number of amides is 1. The molecule has 1 fully saturated rings. The zero-order chi connectivity index (χ0) is 26.2. The van der Waals surface area contributed by atoms with Crippen molar-refractivity contribution in [3.05, 3.63) is 65.2 Å². The lowest BCUT2D eigenvalue weighted by Crippen LogP contribution is -2.38. The number of likely N-dealkylation sites (N-methyl/N-ethyl adjacent to an activating group) is 1. The van der Waals surface area contributed by atoms with Crippen LogP contribution in [0.1, 0.15) is 58.2 Å². The van der Waals surface area contributed by atoms with Crippen molar-refractivity contribution in [2.24, 2.45) is 0 Å². The van der Waals surface area contributed by atoms with Gasteiger partial charge >= 0.3 is 0 Å². The number of rotatable bonds is 12. The lowest BCUT2D eigenvalue weighted by Gasteiger charge is -2.28. The lowest BCUT2D eigenvalue weighted by molar-refractivity contribution is -0.140. The highest BCUT2D eigenvalue weighted by Crippen LogP contribution is 2.40. The highest BCUT2D eigenvalue weighted by molar-refractivity contribution is 6.46. The molecule has 1 atom stereocenters. The lowest BCUT2D eigenvalue weighted by atomic mass is 9.95. The van der Waals surface area contributed by atoms with E-state index in [1.165, 1.54) is 0 Å². The first-order valence-corrected chi connectivity index (χ1v) is 12.8. The average molecular weight is 495 g/mol. The highest BCUT2D eigenvalue weighted by Gasteiger charge is 2.46. The minimum absolute atomic E-state index is 0.0276. The van der Waals surface area contributed by atoms with Crippen LogP contribution in [-0.2, 0) is 9.59 Å². The molecule has 1 N–H and O–H groups in total. The Bertz CT molecular complexity index is 1060. The van der Waals surface area contributed by atoms with E-state index >= 15 is 0 Å². The highest BCUT2D eigenvalue weighted by atomic mass is 16.5. The summed E-state index contributed by atoms with van der Waals surface area (Å²) in [6.45, 7) is 13.4. The fourth-order valence-corrected chi connectivity index (χ4v) is 4.33. The molecule has 0 radical (unpaired) electrons. The summed E-state index contributed by atoms with van der Waals surface area (Å²) in [5.41, 5.74) is 1.30. The van der Waals surface area contributed by atoms with Crippen LogP contribution in [0.4, 0.5) is 0 Å². The van der Waals surface area contributed by atoms with Crippen molar-refractivity contribution >= 4 is 17.4 Å². The summed E-state index contributed by atoms with van der Waals surface area (Å²) < 4.78 is 11.4. The van der Waals surface area contributed by atoms with Gasteiger partial charge in [-0.1, -0.05) is 32.9 Å². The Balaban J connectivity index is 2.02. The van der Waals surface area contributed by atoms with E-state index in [9.17, 15) is 14.7 Å². The van der Waals surface area contributed by atoms with Gasteiger partial charge in [-0.2, -0.15) is 0 Å². The summed E-state index contributed by atoms with van der Waals surface area (Å²) in [5.74, 6) is -0.0694. The van der Waals surface area contributed by atoms with Crippen molar-refractivity contribution in [1.29, 1.82) is 0 Å². The van der Waals surface area contributed by atoms with Crippen molar-refractivity contribution in [2.45, 2.75) is 53.2 Å². The van der Waals surface area contributed by atoms with E-state index in [0.29, 0.717) is 36.8 Å². The molecule has 1 aliphatic heterocycles. The molecular formula is C29H38N2O5. The molecule has 0 spiro atoms. The van der Waals surface area contributed by atoms with E-state index in [2.05, 4.69) is 18.7 Å². The van der Waals surface area contributed by atoms with E-state index in [1.807, 2.05) is 45.0 Å². The second-order valence-electron chi connectivity index (χ2n) is 9.13. The van der Waals surface area contributed by atoms with Crippen LogP contribution in [0.5, 0.6) is 11.5 Å². The van der Waals surface area contributed by atoms with Gasteiger partial charge in [-0.25, -0.2) is 0 Å². The van der Waals surface area contributed by atoms with Gasteiger partial charge in [-0.3, -0.25) is 9.59 Å². The van der Waals surface area contributed by atoms with Crippen LogP contribution in [0.2, 0.25) is 0 Å². The van der Waals surface area contributed by atoms with E-state index in [1.54, 1.807) is 29.2 Å². The Labute approximate surface area is 214 Å². The number of Topliss-reactive ketones (excluding diaryl/α,β-unsaturated/α-hetero) is 1. The summed E-state index contributed by atoms with van der Waals surface area (Å²) in [4.78, 5) is 30.2. The number of aliphatic hydroxyl groups excluding tert-OH is 1. The number of hydrogen-bond acceptors (Lipinski definition) is 6. The third kappa shape index (κ3) is 6.26. The molecule has 0 saturated carbocycles. The van der Waals surface area contributed by atoms with Gasteiger partial charge in [0, 0.05) is 18.7 Å². The molecule has 0 aromatic heterocycles. The first kappa shape index (κ1) is 27.3. The molecule has 2 aromatic rings. The standard InChI is InChI=1S/C29H38N2O5/c1-6-19-35-23-13-11-22(12-14-23)27(32)25-26(21-9-15-24(16-10-21)36-20(4)5)31(29(34)28(25)33)18-17-30(7-2)8-3/h9-16,20,26,32H,6-8,17-19H2,1-5H3/t26-/m0/s1. The molecule has 1 heterocycles. The summed E-state index contributed by atoms with van der Waals surface area (Å²) in [7, 11) is 0. The molecule has 2 aromatic carbocycles. The fourth-order valence-electron chi connectivity index (χ4n) is 4.33. The molecule has 36 heavy (non-hydrogen) atoms. The Hall–Kier alpha value is -3.32. The van der Waals surface area contributed by atoms with Crippen LogP contribution < -0.4 is 9.47 Å². The number of nitrogens with zero attached hydrogens (tertiary/aromatic N) is 2. The number of benzene rings is 2. The zero-order valence-corrected chi connectivity index (χ0v) is 22.0. The van der Waals surface area contributed by atoms with Crippen LogP contribution in [-0.4, -0.2) is 65.5 Å². The zero-order valence-electron chi connectivity index (χ0n) is 22.0. The van der Waals surface area contributed by atoms with Crippen LogP contribution in [0.15, 0.2) is 54.1 Å². The second-order valence-corrected chi connectivity index (χ2v) is 9.13. The maximum absolute atomic E-state index is 13.2. The van der Waals surface area contributed by atoms with E-state index < -0.39 is 17.7 Å². The molecule has 7 nitrogen and oxygen atoms in total. The van der Waals surface area contributed by atoms with Gasteiger partial charge in [0.25, 0.3) is 11.7 Å². The number of ether oxygens (including phenoxy) is 2. The molecule has 1 aliphatic rings. The molecule has 1 amide bonds. The van der Waals surface area contributed by atoms with Crippen molar-refractivity contribution in [3.63, 3.8) is 0 Å². The smallest absolute Gasteiger partial charge is 0.295 e. The summed E-state index contributed by atoms with van der Waals surface area (Å²) >= 11 is 0. The largest absolute Gasteiger partial charge is 0.507 e. The number of ketones is 1. The summed E-state index contributed by atoms with van der Waals surface area (Å²) in [6.07, 6.45) is 0.916. The van der Waals surface area contributed by atoms with E-state index in [0.717, 1.165) is 25.1 Å². The third-order valence-corrected chi connectivity index (χ3v) is 6.26. The summed E-state index contributed by atoms with van der Waals surface area (Å²) in [6, 6.07) is 13.6. The molecule has 1 saturated heterocycles. The maximum atomic E-state index is 13.2. The van der Waals surface area contributed by atoms with Gasteiger partial charge in [-0.15, -0.1) is 0 Å². The molecule has 0 aliphatic carbocycles. The Morgan fingerprint density at radius 3 is 2.14 bits per heavy atom. The Morgan fingerprint density at radius 1 is 0.972 bits per heavy atom. The van der Waals surface area contributed by atoms with Crippen LogP contribution in [0.3, 0.4) is 0 Å². The average Bonchev–Trinajstić information content (AvgIpc) is 3.13. The van der Waals surface area contributed by atoms with Crippen molar-refractivity contribution in [2.75, 3.05) is 32.8 Å². The molecule has 0 unspecified atom stereocenters. The number of hydrogen-bond donors (Lipinski definition) is 1. The molecule has 3 rings (SSSR count). The van der Waals surface area contributed by atoms with Crippen molar-refractivity contribution < 1.29 is 24.2 Å². The molecule has 0 bridgehead atoms. The predicted octanol–water partition coefficient (Wildman–Crippen LogP) is 5.03. The first-order chi connectivity index (χ1) is 17.3. The Morgan fingerprint density at radius 2 is 1.58 bits per heavy atom. The number of carbonyl (C=O) groups excluding carboxylic acids is 2. The normalized spacial score (nSPS) is 17.3. The van der Waals surface area contributed by atoms with Crippen molar-refractivity contribution in [1.82, 2.24) is 9.80 Å². The minimum atomic E-state index is -0.690. The monoisotopic (exact) mass is 494 g/mol. The second kappa shape index (κ2) is 12.6. The van der Waals surface area contributed by atoms with Gasteiger partial charge < -0.3 is 24.4 Å². The van der Waals surface area contributed by atoms with Crippen molar-refractivity contribution in [3.8, 4) is 11.5 Å². The number of carbonyl (C=O) groups is 2. The van der Waals surface area contributed by atoms with Gasteiger partial charge in [-0.05, 0) is 75.3 Å². The first-order valence-electron chi connectivity index (χ1n) is 12.8. The Kier molecular flexibility index (Phi) is 9.53. The fraction of sp³-hybridized carbons (Fsp3) is 0.448. The van der Waals surface area contributed by atoms with Crippen LogP contribution >= 0.6 is 0 Å².